The highest BCUT2D eigenvalue weighted by Gasteiger charge is 2.18. The third kappa shape index (κ3) is 2.94. The zero-order valence-corrected chi connectivity index (χ0v) is 8.18. The zero-order chi connectivity index (χ0) is 10.6. The number of carbonyl (C=O) groups is 1. The fourth-order valence-corrected chi connectivity index (χ4v) is 1.28. The summed E-state index contributed by atoms with van der Waals surface area (Å²) in [6, 6.07) is 8.91. The molecule has 0 bridgehead atoms. The fraction of sp³-hybridized carbons (Fsp3) is 0.364. The van der Waals surface area contributed by atoms with Gasteiger partial charge in [-0.1, -0.05) is 30.3 Å². The molecule has 0 spiro atoms. The van der Waals surface area contributed by atoms with Crippen molar-refractivity contribution in [1.29, 1.82) is 0 Å². The van der Waals surface area contributed by atoms with Crippen molar-refractivity contribution in [3.05, 3.63) is 35.9 Å². The van der Waals surface area contributed by atoms with Crippen LogP contribution in [0.15, 0.2) is 30.3 Å². The third-order valence-electron chi connectivity index (χ3n) is 2.08. The van der Waals surface area contributed by atoms with Gasteiger partial charge in [-0.25, -0.2) is 0 Å². The predicted octanol–water partition coefficient (Wildman–Crippen LogP) is 0.506. The van der Waals surface area contributed by atoms with Crippen LogP contribution in [-0.4, -0.2) is 23.0 Å². The minimum absolute atomic E-state index is 0.311. The van der Waals surface area contributed by atoms with E-state index in [4.69, 9.17) is 10.8 Å². The lowest BCUT2D eigenvalue weighted by Gasteiger charge is -2.12. The van der Waals surface area contributed by atoms with Gasteiger partial charge in [-0.15, -0.1) is 0 Å². The van der Waals surface area contributed by atoms with Crippen molar-refractivity contribution in [1.82, 2.24) is 0 Å². The van der Waals surface area contributed by atoms with Gasteiger partial charge >= 0.3 is 0 Å². The van der Waals surface area contributed by atoms with Crippen molar-refractivity contribution in [2.75, 3.05) is 0 Å². The van der Waals surface area contributed by atoms with Crippen LogP contribution in [0.2, 0.25) is 0 Å². The Morgan fingerprint density at radius 2 is 2.00 bits per heavy atom. The molecule has 76 valence electrons. The number of benzene rings is 1. The van der Waals surface area contributed by atoms with E-state index in [-0.39, 0.29) is 5.78 Å². The van der Waals surface area contributed by atoms with Crippen LogP contribution in [-0.2, 0) is 11.2 Å². The molecule has 0 aliphatic carbocycles. The van der Waals surface area contributed by atoms with E-state index < -0.39 is 12.1 Å². The molecule has 2 unspecified atom stereocenters. The van der Waals surface area contributed by atoms with Crippen molar-refractivity contribution < 1.29 is 9.90 Å². The molecule has 0 saturated heterocycles. The van der Waals surface area contributed by atoms with Crippen LogP contribution in [0.25, 0.3) is 0 Å². The summed E-state index contributed by atoms with van der Waals surface area (Å²) in [5.41, 5.74) is 6.65. The number of hydrogen-bond acceptors (Lipinski definition) is 3. The Kier molecular flexibility index (Phi) is 3.80. The normalized spacial score (nSPS) is 14.8. The Bertz CT molecular complexity index is 295. The lowest BCUT2D eigenvalue weighted by molar-refractivity contribution is -0.127. The second kappa shape index (κ2) is 4.88. The van der Waals surface area contributed by atoms with Gasteiger partial charge in [0.2, 0.25) is 0 Å². The van der Waals surface area contributed by atoms with E-state index in [2.05, 4.69) is 0 Å². The Morgan fingerprint density at radius 1 is 1.43 bits per heavy atom. The van der Waals surface area contributed by atoms with Crippen LogP contribution in [0.1, 0.15) is 12.5 Å². The summed E-state index contributed by atoms with van der Waals surface area (Å²) >= 11 is 0. The SMILES string of the molecule is CC(O)C(=O)C(N)Cc1ccccc1. The topological polar surface area (TPSA) is 63.3 Å². The minimum Gasteiger partial charge on any atom is -0.386 e. The molecule has 2 atom stereocenters. The predicted molar refractivity (Wildman–Crippen MR) is 54.8 cm³/mol. The van der Waals surface area contributed by atoms with Gasteiger partial charge in [0.05, 0.1) is 6.04 Å². The Morgan fingerprint density at radius 3 is 2.50 bits per heavy atom. The fourth-order valence-electron chi connectivity index (χ4n) is 1.28. The number of hydrogen-bond donors (Lipinski definition) is 2. The first-order valence-corrected chi connectivity index (χ1v) is 4.62. The van der Waals surface area contributed by atoms with Crippen LogP contribution < -0.4 is 5.73 Å². The molecule has 3 N–H and O–H groups in total. The lowest BCUT2D eigenvalue weighted by atomic mass is 10.0. The first-order chi connectivity index (χ1) is 6.61. The quantitative estimate of drug-likeness (QED) is 0.732. The van der Waals surface area contributed by atoms with Crippen LogP contribution in [0.4, 0.5) is 0 Å². The largest absolute Gasteiger partial charge is 0.386 e. The molecule has 0 radical (unpaired) electrons. The molecular weight excluding hydrogens is 178 g/mol. The summed E-state index contributed by atoms with van der Waals surface area (Å²) < 4.78 is 0. The van der Waals surface area contributed by atoms with E-state index in [0.717, 1.165) is 5.56 Å². The summed E-state index contributed by atoms with van der Waals surface area (Å²) in [6.45, 7) is 1.44. The lowest BCUT2D eigenvalue weighted by Crippen LogP contribution is -2.38. The standard InChI is InChI=1S/C11H15NO2/c1-8(13)11(14)10(12)7-9-5-3-2-4-6-9/h2-6,8,10,13H,7,12H2,1H3. The van der Waals surface area contributed by atoms with E-state index in [1.165, 1.54) is 6.92 Å². The highest BCUT2D eigenvalue weighted by Crippen LogP contribution is 2.03. The van der Waals surface area contributed by atoms with Crippen molar-refractivity contribution in [3.63, 3.8) is 0 Å². The van der Waals surface area contributed by atoms with Crippen LogP contribution in [0, 0.1) is 0 Å². The molecule has 3 heteroatoms. The van der Waals surface area contributed by atoms with Crippen molar-refractivity contribution in [2.24, 2.45) is 5.73 Å². The molecule has 0 aliphatic rings. The maximum atomic E-state index is 11.3. The van der Waals surface area contributed by atoms with Gasteiger partial charge in [-0.3, -0.25) is 4.79 Å². The van der Waals surface area contributed by atoms with Crippen molar-refractivity contribution in [3.8, 4) is 0 Å². The van der Waals surface area contributed by atoms with Crippen LogP contribution in [0.3, 0.4) is 0 Å². The number of aliphatic hydroxyl groups excluding tert-OH is 1. The van der Waals surface area contributed by atoms with Crippen LogP contribution in [0.5, 0.6) is 0 Å². The summed E-state index contributed by atoms with van der Waals surface area (Å²) in [7, 11) is 0. The molecule has 1 aromatic carbocycles. The number of carbonyl (C=O) groups excluding carboxylic acids is 1. The molecule has 1 rings (SSSR count). The molecule has 0 aliphatic heterocycles. The average Bonchev–Trinajstić information content (AvgIpc) is 2.18. The van der Waals surface area contributed by atoms with E-state index in [0.29, 0.717) is 6.42 Å². The van der Waals surface area contributed by atoms with Crippen molar-refractivity contribution in [2.45, 2.75) is 25.5 Å². The molecule has 0 saturated carbocycles. The smallest absolute Gasteiger partial charge is 0.177 e. The highest BCUT2D eigenvalue weighted by atomic mass is 16.3. The van der Waals surface area contributed by atoms with Crippen LogP contribution >= 0.6 is 0 Å². The maximum Gasteiger partial charge on any atom is 0.177 e. The molecule has 0 heterocycles. The van der Waals surface area contributed by atoms with Gasteiger partial charge < -0.3 is 10.8 Å². The second-order valence-electron chi connectivity index (χ2n) is 3.37. The Hall–Kier alpha value is -1.19. The minimum atomic E-state index is -0.978. The highest BCUT2D eigenvalue weighted by molar-refractivity contribution is 5.87. The zero-order valence-electron chi connectivity index (χ0n) is 8.18. The molecule has 0 fully saturated rings. The number of aliphatic hydroxyl groups is 1. The molecule has 0 amide bonds. The van der Waals surface area contributed by atoms with Gasteiger partial charge in [0, 0.05) is 0 Å². The molecule has 3 nitrogen and oxygen atoms in total. The Balaban J connectivity index is 2.57. The van der Waals surface area contributed by atoms with Gasteiger partial charge in [-0.05, 0) is 18.9 Å². The summed E-state index contributed by atoms with van der Waals surface area (Å²) in [6.07, 6.45) is -0.501. The number of rotatable bonds is 4. The first kappa shape index (κ1) is 10.9. The summed E-state index contributed by atoms with van der Waals surface area (Å²) in [5, 5.41) is 9.04. The van der Waals surface area contributed by atoms with Gasteiger partial charge in [0.15, 0.2) is 5.78 Å². The molecular formula is C11H15NO2. The molecule has 14 heavy (non-hydrogen) atoms. The Labute approximate surface area is 83.6 Å². The van der Waals surface area contributed by atoms with Gasteiger partial charge in [-0.2, -0.15) is 0 Å². The molecule has 0 aromatic heterocycles. The van der Waals surface area contributed by atoms with E-state index >= 15 is 0 Å². The number of nitrogens with two attached hydrogens (primary N) is 1. The van der Waals surface area contributed by atoms with E-state index in [1.807, 2.05) is 30.3 Å². The third-order valence-corrected chi connectivity index (χ3v) is 2.08. The second-order valence-corrected chi connectivity index (χ2v) is 3.37. The summed E-state index contributed by atoms with van der Waals surface area (Å²) in [5.74, 6) is -0.311. The van der Waals surface area contributed by atoms with Gasteiger partial charge in [0.1, 0.15) is 6.10 Å². The number of Topliss-reactive ketones (excluding diaryl/α,β-unsaturated/α-hetero) is 1. The average molecular weight is 193 g/mol. The van der Waals surface area contributed by atoms with Gasteiger partial charge in [0.25, 0.3) is 0 Å². The van der Waals surface area contributed by atoms with E-state index in [1.54, 1.807) is 0 Å². The molecule has 1 aromatic rings. The first-order valence-electron chi connectivity index (χ1n) is 4.62. The summed E-state index contributed by atoms with van der Waals surface area (Å²) in [4.78, 5) is 11.3. The van der Waals surface area contributed by atoms with Crippen molar-refractivity contribution >= 4 is 5.78 Å². The number of ketones is 1. The maximum absolute atomic E-state index is 11.3. The monoisotopic (exact) mass is 193 g/mol. The van der Waals surface area contributed by atoms with E-state index in [9.17, 15) is 4.79 Å².